The van der Waals surface area contributed by atoms with Crippen LogP contribution in [-0.4, -0.2) is 18.6 Å². The summed E-state index contributed by atoms with van der Waals surface area (Å²) in [6, 6.07) is 9.35. The first-order valence-electron chi connectivity index (χ1n) is 7.00. The van der Waals surface area contributed by atoms with Crippen LogP contribution < -0.4 is 34.5 Å². The molecule has 0 aliphatic carbocycles. The first-order chi connectivity index (χ1) is 9.59. The van der Waals surface area contributed by atoms with Crippen LogP contribution >= 0.6 is 0 Å². The third kappa shape index (κ3) is 2.02. The molecule has 0 saturated carbocycles. The van der Waals surface area contributed by atoms with E-state index in [9.17, 15) is 4.79 Å². The van der Waals surface area contributed by atoms with Gasteiger partial charge < -0.3 is 9.64 Å². The zero-order chi connectivity index (χ0) is 13.9. The maximum absolute atomic E-state index is 11.4. The number of allylic oxidation sites excluding steroid dienone is 1. The van der Waals surface area contributed by atoms with Crippen molar-refractivity contribution < 1.29 is 39.1 Å². The van der Waals surface area contributed by atoms with Gasteiger partial charge in [0.1, 0.15) is 6.10 Å². The Hall–Kier alpha value is -1.03. The van der Waals surface area contributed by atoms with Crippen LogP contribution in [0.1, 0.15) is 25.8 Å². The molecule has 102 valence electrons. The predicted octanol–water partition coefficient (Wildman–Crippen LogP) is -0.272. The van der Waals surface area contributed by atoms with E-state index in [0.29, 0.717) is 0 Å². The molecular weight excluding hydrogens is 273 g/mol. The number of anilines is 1. The third-order valence-electron chi connectivity index (χ3n) is 4.56. The fourth-order valence-electron chi connectivity index (χ4n) is 3.69. The largest absolute Gasteiger partial charge is 1.00 e. The Morgan fingerprint density at radius 3 is 3.00 bits per heavy atom. The van der Waals surface area contributed by atoms with Crippen molar-refractivity contribution in [1.82, 2.24) is 0 Å². The van der Waals surface area contributed by atoms with Crippen LogP contribution in [0.5, 0.6) is 0 Å². The topological polar surface area (TPSA) is 29.5 Å². The molecule has 4 rings (SSSR count). The fraction of sp³-hybridized carbons (Fsp3) is 0.353. The second-order valence-corrected chi connectivity index (χ2v) is 6.07. The normalized spacial score (nSPS) is 24.8. The van der Waals surface area contributed by atoms with Crippen molar-refractivity contribution in [2.75, 3.05) is 11.4 Å². The number of ether oxygens (including phenoxy) is 1. The Bertz CT molecular complexity index is 675. The molecule has 1 aromatic rings. The molecule has 1 atom stereocenters. The Morgan fingerprint density at radius 1 is 1.38 bits per heavy atom. The van der Waals surface area contributed by atoms with Gasteiger partial charge in [-0.2, -0.15) is 18.2 Å². The third-order valence-corrected chi connectivity index (χ3v) is 4.56. The van der Waals surface area contributed by atoms with E-state index in [1.807, 2.05) is 12.1 Å². The van der Waals surface area contributed by atoms with Crippen molar-refractivity contribution >= 4 is 11.7 Å². The average molecular weight is 289 g/mol. The summed E-state index contributed by atoms with van der Waals surface area (Å²) in [5, 5.41) is 0. The SMILES string of the molecule is CC1(C)C2=C3C=CC(=O)OC3CCN2c2cc[c-]cc21.[Na+]. The number of esters is 1. The summed E-state index contributed by atoms with van der Waals surface area (Å²) in [7, 11) is 0. The molecule has 3 nitrogen and oxygen atoms in total. The number of fused-ring (bicyclic) bond motifs is 4. The van der Waals surface area contributed by atoms with E-state index in [1.54, 1.807) is 0 Å². The zero-order valence-electron chi connectivity index (χ0n) is 12.6. The first kappa shape index (κ1) is 14.9. The number of carbonyl (C=O) groups is 1. The van der Waals surface area contributed by atoms with Crippen molar-refractivity contribution in [3.8, 4) is 0 Å². The van der Waals surface area contributed by atoms with E-state index in [0.717, 1.165) is 18.5 Å². The summed E-state index contributed by atoms with van der Waals surface area (Å²) in [5.74, 6) is -0.227. The van der Waals surface area contributed by atoms with Gasteiger partial charge in [-0.25, -0.2) is 4.79 Å². The maximum atomic E-state index is 11.4. The fourth-order valence-corrected chi connectivity index (χ4v) is 3.69. The molecule has 21 heavy (non-hydrogen) atoms. The van der Waals surface area contributed by atoms with Crippen LogP contribution in [0.25, 0.3) is 0 Å². The van der Waals surface area contributed by atoms with Gasteiger partial charge in [-0.1, -0.05) is 19.5 Å². The van der Waals surface area contributed by atoms with Gasteiger partial charge in [-0.05, 0) is 11.5 Å². The number of benzene rings is 1. The van der Waals surface area contributed by atoms with Crippen molar-refractivity contribution in [1.29, 1.82) is 0 Å². The Labute approximate surface area is 146 Å². The van der Waals surface area contributed by atoms with Crippen LogP contribution in [-0.2, 0) is 14.9 Å². The maximum Gasteiger partial charge on any atom is 1.00 e. The first-order valence-corrected chi connectivity index (χ1v) is 7.00. The van der Waals surface area contributed by atoms with Gasteiger partial charge in [0, 0.05) is 30.3 Å². The van der Waals surface area contributed by atoms with Crippen LogP contribution in [0.3, 0.4) is 0 Å². The average Bonchev–Trinajstić information content (AvgIpc) is 2.68. The van der Waals surface area contributed by atoms with Crippen LogP contribution in [0.15, 0.2) is 41.6 Å². The van der Waals surface area contributed by atoms with Gasteiger partial charge in [0.2, 0.25) is 0 Å². The summed E-state index contributed by atoms with van der Waals surface area (Å²) < 4.78 is 5.47. The molecule has 0 saturated heterocycles. The van der Waals surface area contributed by atoms with E-state index < -0.39 is 0 Å². The smallest absolute Gasteiger partial charge is 0.454 e. The summed E-state index contributed by atoms with van der Waals surface area (Å²) in [6.07, 6.45) is 4.24. The number of hydrogen-bond donors (Lipinski definition) is 0. The van der Waals surface area contributed by atoms with Crippen molar-refractivity contribution in [2.24, 2.45) is 0 Å². The molecule has 3 aliphatic rings. The number of rotatable bonds is 0. The van der Waals surface area contributed by atoms with Gasteiger partial charge in [0.15, 0.2) is 0 Å². The number of nitrogens with zero attached hydrogens (tertiary/aromatic N) is 1. The van der Waals surface area contributed by atoms with Crippen LogP contribution in [0.4, 0.5) is 5.69 Å². The molecule has 0 spiro atoms. The molecule has 0 amide bonds. The Balaban J connectivity index is 0.00000132. The molecule has 3 aliphatic heterocycles. The second-order valence-electron chi connectivity index (χ2n) is 6.07. The van der Waals surface area contributed by atoms with Gasteiger partial charge in [0.25, 0.3) is 0 Å². The quantitative estimate of drug-likeness (QED) is 0.374. The molecule has 0 N–H and O–H groups in total. The molecular formula is C17H16NNaO2. The van der Waals surface area contributed by atoms with Crippen molar-refractivity contribution in [3.63, 3.8) is 0 Å². The zero-order valence-corrected chi connectivity index (χ0v) is 14.6. The van der Waals surface area contributed by atoms with Crippen molar-refractivity contribution in [2.45, 2.75) is 31.8 Å². The monoisotopic (exact) mass is 289 g/mol. The summed E-state index contributed by atoms with van der Waals surface area (Å²) in [5.41, 5.74) is 4.91. The van der Waals surface area contributed by atoms with Gasteiger partial charge in [0.05, 0.1) is 0 Å². The molecule has 0 aromatic heterocycles. The van der Waals surface area contributed by atoms with E-state index in [4.69, 9.17) is 4.74 Å². The van der Waals surface area contributed by atoms with E-state index in [2.05, 4.69) is 36.9 Å². The van der Waals surface area contributed by atoms with Gasteiger partial charge in [-0.15, -0.1) is 11.6 Å². The van der Waals surface area contributed by atoms with Crippen LogP contribution in [0.2, 0.25) is 0 Å². The molecule has 1 aromatic carbocycles. The van der Waals surface area contributed by atoms with E-state index in [-0.39, 0.29) is 47.0 Å². The summed E-state index contributed by atoms with van der Waals surface area (Å²) in [4.78, 5) is 13.8. The van der Waals surface area contributed by atoms with E-state index >= 15 is 0 Å². The molecule has 1 unspecified atom stereocenters. The molecule has 4 heteroatoms. The van der Waals surface area contributed by atoms with Crippen molar-refractivity contribution in [3.05, 3.63) is 53.3 Å². The minimum absolute atomic E-state index is 0. The molecule has 0 fully saturated rings. The number of hydrogen-bond acceptors (Lipinski definition) is 3. The molecule has 3 heterocycles. The minimum Gasteiger partial charge on any atom is -0.454 e. The molecule has 0 bridgehead atoms. The minimum atomic E-state index is -0.227. The van der Waals surface area contributed by atoms with Gasteiger partial charge in [-0.3, -0.25) is 0 Å². The molecule has 0 radical (unpaired) electrons. The number of carbonyl (C=O) groups excluding carboxylic acids is 1. The second kappa shape index (κ2) is 5.01. The standard InChI is InChI=1S/C17H16NO2.Na/c1-17(2)12-5-3-4-6-13(12)18-10-9-14-11(16(17)18)7-8-15(19)20-14;/h4-8,14H,9-10H2,1-2H3;/q-1;+1. The predicted molar refractivity (Wildman–Crippen MR) is 76.3 cm³/mol. The van der Waals surface area contributed by atoms with Gasteiger partial charge >= 0.3 is 35.5 Å². The Kier molecular flexibility index (Phi) is 3.55. The summed E-state index contributed by atoms with van der Waals surface area (Å²) >= 11 is 0. The van der Waals surface area contributed by atoms with E-state index in [1.165, 1.54) is 23.0 Å². The Morgan fingerprint density at radius 2 is 2.19 bits per heavy atom. The summed E-state index contributed by atoms with van der Waals surface area (Å²) in [6.45, 7) is 5.36. The van der Waals surface area contributed by atoms with Crippen LogP contribution in [0, 0.1) is 6.07 Å².